The van der Waals surface area contributed by atoms with E-state index in [1.54, 1.807) is 13.8 Å². The Kier molecular flexibility index (Phi) is 3.69. The van der Waals surface area contributed by atoms with Crippen LogP contribution in [-0.4, -0.2) is 15.9 Å². The van der Waals surface area contributed by atoms with Crippen molar-refractivity contribution in [3.05, 3.63) is 52.9 Å². The average molecular weight is 281 g/mol. The number of carbonyl (C=O) groups is 1. The second-order valence-corrected chi connectivity index (χ2v) is 4.12. The van der Waals surface area contributed by atoms with Crippen LogP contribution in [0.15, 0.2) is 18.2 Å². The first kappa shape index (κ1) is 14.0. The van der Waals surface area contributed by atoms with Gasteiger partial charge in [0.2, 0.25) is 0 Å². The molecule has 104 valence electrons. The number of anilines is 1. The van der Waals surface area contributed by atoms with Crippen LogP contribution in [0.5, 0.6) is 0 Å². The summed E-state index contributed by atoms with van der Waals surface area (Å²) in [6.45, 7) is 3.27. The molecule has 0 saturated heterocycles. The van der Waals surface area contributed by atoms with E-state index in [1.807, 2.05) is 0 Å². The van der Waals surface area contributed by atoms with E-state index in [2.05, 4.69) is 15.3 Å². The fraction of sp³-hybridized carbons (Fsp3) is 0.154. The van der Waals surface area contributed by atoms with Crippen LogP contribution in [0, 0.1) is 31.3 Å². The van der Waals surface area contributed by atoms with Gasteiger partial charge in [0.1, 0.15) is 11.5 Å². The molecule has 0 spiro atoms. The first-order valence-corrected chi connectivity index (χ1v) is 5.65. The minimum absolute atomic E-state index is 0.0131. The molecule has 0 aliphatic rings. The van der Waals surface area contributed by atoms with Crippen molar-refractivity contribution in [1.82, 2.24) is 9.97 Å². The van der Waals surface area contributed by atoms with Crippen molar-refractivity contribution in [2.75, 3.05) is 5.32 Å². The maximum Gasteiger partial charge on any atom is 0.274 e. The molecule has 0 unspecified atom stereocenters. The van der Waals surface area contributed by atoms with Crippen LogP contribution in [0.3, 0.4) is 0 Å². The molecule has 1 amide bonds. The number of carbonyl (C=O) groups excluding carboxylic acids is 1. The Morgan fingerprint density at radius 1 is 1.10 bits per heavy atom. The number of nitrogens with zero attached hydrogens (tertiary/aromatic N) is 2. The van der Waals surface area contributed by atoms with Crippen LogP contribution in [0.2, 0.25) is 0 Å². The number of aryl methyl sites for hydroxylation is 2. The Morgan fingerprint density at radius 3 is 2.45 bits per heavy atom. The first-order valence-electron chi connectivity index (χ1n) is 5.65. The van der Waals surface area contributed by atoms with Gasteiger partial charge >= 0.3 is 0 Å². The zero-order valence-corrected chi connectivity index (χ0v) is 10.7. The van der Waals surface area contributed by atoms with Crippen LogP contribution in [0.1, 0.15) is 22.0 Å². The largest absolute Gasteiger partial charge is 0.318 e. The molecule has 7 heteroatoms. The third kappa shape index (κ3) is 2.76. The second-order valence-electron chi connectivity index (χ2n) is 4.12. The van der Waals surface area contributed by atoms with E-state index in [1.165, 1.54) is 6.07 Å². The molecule has 1 N–H and O–H groups in total. The van der Waals surface area contributed by atoms with Gasteiger partial charge in [-0.2, -0.15) is 0 Å². The van der Waals surface area contributed by atoms with E-state index in [9.17, 15) is 18.0 Å². The van der Waals surface area contributed by atoms with Gasteiger partial charge in [-0.1, -0.05) is 0 Å². The van der Waals surface area contributed by atoms with Crippen LogP contribution in [-0.2, 0) is 0 Å². The van der Waals surface area contributed by atoms with Gasteiger partial charge in [0, 0.05) is 5.69 Å². The van der Waals surface area contributed by atoms with Crippen molar-refractivity contribution in [2.45, 2.75) is 13.8 Å². The normalized spacial score (nSPS) is 10.4. The lowest BCUT2D eigenvalue weighted by Gasteiger charge is -2.07. The maximum absolute atomic E-state index is 13.4. The molecule has 1 heterocycles. The number of aromatic nitrogens is 2. The molecule has 1 aromatic heterocycles. The highest BCUT2D eigenvalue weighted by atomic mass is 19.2. The van der Waals surface area contributed by atoms with E-state index in [4.69, 9.17) is 0 Å². The van der Waals surface area contributed by atoms with E-state index in [-0.39, 0.29) is 5.69 Å². The smallest absolute Gasteiger partial charge is 0.274 e. The van der Waals surface area contributed by atoms with Crippen molar-refractivity contribution in [3.8, 4) is 0 Å². The number of hydrogen-bond acceptors (Lipinski definition) is 3. The highest BCUT2D eigenvalue weighted by Gasteiger charge is 2.17. The fourth-order valence-corrected chi connectivity index (χ4v) is 1.64. The molecular weight excluding hydrogens is 271 g/mol. The molecule has 2 aromatic rings. The van der Waals surface area contributed by atoms with Gasteiger partial charge < -0.3 is 5.32 Å². The van der Waals surface area contributed by atoms with Crippen molar-refractivity contribution in [1.29, 1.82) is 0 Å². The van der Waals surface area contributed by atoms with E-state index in [0.29, 0.717) is 11.5 Å². The zero-order chi connectivity index (χ0) is 14.9. The van der Waals surface area contributed by atoms with Crippen LogP contribution in [0.4, 0.5) is 18.9 Å². The number of rotatable bonds is 2. The number of halogens is 3. The monoisotopic (exact) mass is 281 g/mol. The Bertz CT molecular complexity index is 669. The molecule has 2 rings (SSSR count). The Hall–Kier alpha value is -2.44. The summed E-state index contributed by atoms with van der Waals surface area (Å²) in [5.41, 5.74) is 0.121. The van der Waals surface area contributed by atoms with Gasteiger partial charge in [0.15, 0.2) is 17.5 Å². The third-order valence-electron chi connectivity index (χ3n) is 2.48. The minimum Gasteiger partial charge on any atom is -0.318 e. The van der Waals surface area contributed by atoms with Gasteiger partial charge in [0.05, 0.1) is 5.69 Å². The summed E-state index contributed by atoms with van der Waals surface area (Å²) in [5.74, 6) is -4.78. The summed E-state index contributed by atoms with van der Waals surface area (Å²) in [5, 5.41) is 2.14. The molecular formula is C13H10F3N3O. The van der Waals surface area contributed by atoms with Crippen molar-refractivity contribution in [2.24, 2.45) is 0 Å². The minimum atomic E-state index is -1.64. The Morgan fingerprint density at radius 2 is 1.80 bits per heavy atom. The number of nitrogens with one attached hydrogen (secondary N) is 1. The van der Waals surface area contributed by atoms with Gasteiger partial charge in [-0.3, -0.25) is 4.79 Å². The van der Waals surface area contributed by atoms with Gasteiger partial charge in [-0.05, 0) is 32.0 Å². The fourth-order valence-electron chi connectivity index (χ4n) is 1.64. The predicted octanol–water partition coefficient (Wildman–Crippen LogP) is 2.76. The van der Waals surface area contributed by atoms with Gasteiger partial charge in [0.25, 0.3) is 5.91 Å². The lowest BCUT2D eigenvalue weighted by atomic mass is 10.2. The van der Waals surface area contributed by atoms with E-state index >= 15 is 0 Å². The number of amides is 1. The second kappa shape index (κ2) is 5.28. The standard InChI is InChI=1S/C13H10F3N3O/c1-6-5-10(18-7(2)17-6)13(20)19-9-4-3-8(14)11(15)12(9)16/h3-5H,1-2H3,(H,19,20). The SMILES string of the molecule is Cc1cc(C(=O)Nc2ccc(F)c(F)c2F)nc(C)n1. The quantitative estimate of drug-likeness (QED) is 0.861. The molecule has 4 nitrogen and oxygen atoms in total. The highest BCUT2D eigenvalue weighted by Crippen LogP contribution is 2.20. The van der Waals surface area contributed by atoms with Gasteiger partial charge in [-0.15, -0.1) is 0 Å². The summed E-state index contributed by atoms with van der Waals surface area (Å²) in [6.07, 6.45) is 0. The molecule has 20 heavy (non-hydrogen) atoms. The summed E-state index contributed by atoms with van der Waals surface area (Å²) in [7, 11) is 0. The molecule has 0 aliphatic heterocycles. The van der Waals surface area contributed by atoms with Crippen molar-refractivity contribution < 1.29 is 18.0 Å². The van der Waals surface area contributed by atoms with Crippen molar-refractivity contribution >= 4 is 11.6 Å². The topological polar surface area (TPSA) is 54.9 Å². The number of benzene rings is 1. The van der Waals surface area contributed by atoms with E-state index < -0.39 is 29.0 Å². The Labute approximate surface area is 112 Å². The molecule has 0 radical (unpaired) electrons. The van der Waals surface area contributed by atoms with E-state index in [0.717, 1.165) is 12.1 Å². The first-order chi connectivity index (χ1) is 9.38. The van der Waals surface area contributed by atoms with Crippen LogP contribution < -0.4 is 5.32 Å². The van der Waals surface area contributed by atoms with Crippen LogP contribution >= 0.6 is 0 Å². The Balaban J connectivity index is 2.30. The number of hydrogen-bond donors (Lipinski definition) is 1. The van der Waals surface area contributed by atoms with Gasteiger partial charge in [-0.25, -0.2) is 23.1 Å². The lowest BCUT2D eigenvalue weighted by Crippen LogP contribution is -2.16. The maximum atomic E-state index is 13.4. The summed E-state index contributed by atoms with van der Waals surface area (Å²) < 4.78 is 39.3. The lowest BCUT2D eigenvalue weighted by molar-refractivity contribution is 0.102. The summed E-state index contributed by atoms with van der Waals surface area (Å²) >= 11 is 0. The summed E-state index contributed by atoms with van der Waals surface area (Å²) in [4.78, 5) is 19.8. The molecule has 0 aliphatic carbocycles. The van der Waals surface area contributed by atoms with Crippen LogP contribution in [0.25, 0.3) is 0 Å². The highest BCUT2D eigenvalue weighted by molar-refractivity contribution is 6.02. The van der Waals surface area contributed by atoms with Crippen molar-refractivity contribution in [3.63, 3.8) is 0 Å². The molecule has 0 fully saturated rings. The molecule has 0 bridgehead atoms. The molecule has 1 aromatic carbocycles. The summed E-state index contributed by atoms with van der Waals surface area (Å²) in [6, 6.07) is 3.07. The third-order valence-corrected chi connectivity index (χ3v) is 2.48. The average Bonchev–Trinajstić information content (AvgIpc) is 2.38. The zero-order valence-electron chi connectivity index (χ0n) is 10.7. The predicted molar refractivity (Wildman–Crippen MR) is 65.8 cm³/mol. The molecule has 0 atom stereocenters. The molecule has 0 saturated carbocycles.